The summed E-state index contributed by atoms with van der Waals surface area (Å²) in [5.74, 6) is 1.78. The second-order valence-corrected chi connectivity index (χ2v) is 11.1. The van der Waals surface area contributed by atoms with E-state index < -0.39 is 0 Å². The highest BCUT2D eigenvalue weighted by Crippen LogP contribution is 2.36. The number of piperazine rings is 1. The van der Waals surface area contributed by atoms with Crippen LogP contribution in [0.4, 0.5) is 11.5 Å². The van der Waals surface area contributed by atoms with Crippen molar-refractivity contribution in [3.63, 3.8) is 0 Å². The first-order valence-electron chi connectivity index (χ1n) is 14.9. The van der Waals surface area contributed by atoms with Crippen LogP contribution in [0, 0.1) is 0 Å². The Labute approximate surface area is 242 Å². The van der Waals surface area contributed by atoms with Crippen LogP contribution in [0.3, 0.4) is 0 Å². The molecule has 41 heavy (non-hydrogen) atoms. The molecule has 0 bridgehead atoms. The van der Waals surface area contributed by atoms with Crippen LogP contribution in [0.25, 0.3) is 10.8 Å². The van der Waals surface area contributed by atoms with E-state index in [-0.39, 0.29) is 5.91 Å². The van der Waals surface area contributed by atoms with Gasteiger partial charge in [0.15, 0.2) is 0 Å². The van der Waals surface area contributed by atoms with Crippen molar-refractivity contribution in [1.82, 2.24) is 19.8 Å². The molecular weight excluding hydrogens is 516 g/mol. The van der Waals surface area contributed by atoms with Crippen LogP contribution >= 0.6 is 0 Å². The van der Waals surface area contributed by atoms with Crippen LogP contribution in [0.1, 0.15) is 30.5 Å². The molecule has 4 heterocycles. The van der Waals surface area contributed by atoms with Crippen LogP contribution in [0.5, 0.6) is 11.8 Å². The Morgan fingerprint density at radius 3 is 2.56 bits per heavy atom. The third kappa shape index (κ3) is 5.95. The number of carbonyl (C=O) groups excluding carboxylic acids is 1. The summed E-state index contributed by atoms with van der Waals surface area (Å²) >= 11 is 0. The van der Waals surface area contributed by atoms with Crippen molar-refractivity contribution < 1.29 is 14.3 Å². The highest BCUT2D eigenvalue weighted by atomic mass is 16.5. The van der Waals surface area contributed by atoms with Crippen molar-refractivity contribution in [2.45, 2.75) is 32.2 Å². The molecule has 6 rings (SSSR count). The fraction of sp³-hybridized carbons (Fsp3) is 0.469. The molecule has 3 aliphatic heterocycles. The van der Waals surface area contributed by atoms with Gasteiger partial charge in [0.25, 0.3) is 0 Å². The van der Waals surface area contributed by atoms with E-state index in [0.717, 1.165) is 74.0 Å². The number of hydrogen-bond acceptors (Lipinski definition) is 8. The Morgan fingerprint density at radius 2 is 1.78 bits per heavy atom. The smallest absolute Gasteiger partial charge is 0.318 e. The molecule has 3 aliphatic rings. The van der Waals surface area contributed by atoms with Crippen LogP contribution in [-0.4, -0.2) is 91.7 Å². The van der Waals surface area contributed by atoms with Crippen molar-refractivity contribution in [1.29, 1.82) is 0 Å². The van der Waals surface area contributed by atoms with E-state index in [1.807, 2.05) is 4.90 Å². The number of likely N-dealkylation sites (tertiary alicyclic amines) is 1. The summed E-state index contributed by atoms with van der Waals surface area (Å²) in [6, 6.07) is 13.1. The molecule has 2 fully saturated rings. The van der Waals surface area contributed by atoms with Gasteiger partial charge in [-0.25, -0.2) is 0 Å². The minimum atomic E-state index is -0.0164. The fourth-order valence-corrected chi connectivity index (χ4v) is 6.28. The first-order chi connectivity index (χ1) is 20.1. The normalized spacial score (nSPS) is 17.8. The Kier molecular flexibility index (Phi) is 8.23. The number of amides is 1. The summed E-state index contributed by atoms with van der Waals surface area (Å²) in [4.78, 5) is 31.1. The third-order valence-corrected chi connectivity index (χ3v) is 8.57. The van der Waals surface area contributed by atoms with Gasteiger partial charge < -0.3 is 24.2 Å². The Morgan fingerprint density at radius 1 is 0.976 bits per heavy atom. The second kappa shape index (κ2) is 12.3. The lowest BCUT2D eigenvalue weighted by molar-refractivity contribution is -0.126. The maximum atomic E-state index is 12.2. The van der Waals surface area contributed by atoms with Gasteiger partial charge in [-0.1, -0.05) is 37.3 Å². The largest absolute Gasteiger partial charge is 0.497 e. The average Bonchev–Trinajstić information content (AvgIpc) is 3.03. The molecular formula is C32H40N6O3. The van der Waals surface area contributed by atoms with Gasteiger partial charge in [0.2, 0.25) is 5.91 Å². The van der Waals surface area contributed by atoms with Crippen molar-refractivity contribution in [2.24, 2.45) is 0 Å². The minimum Gasteiger partial charge on any atom is -0.497 e. The molecule has 0 N–H and O–H groups in total. The van der Waals surface area contributed by atoms with Gasteiger partial charge >= 0.3 is 6.01 Å². The number of aromatic nitrogens is 2. The molecule has 0 saturated carbocycles. The Bertz CT molecular complexity index is 1400. The van der Waals surface area contributed by atoms with Crippen LogP contribution in [0.2, 0.25) is 0 Å². The van der Waals surface area contributed by atoms with Crippen LogP contribution < -0.4 is 19.3 Å². The van der Waals surface area contributed by atoms with Crippen molar-refractivity contribution in [3.8, 4) is 11.8 Å². The SMILES string of the molecule is C=CC(=O)N1CCN(c2nc(OCCN3CCCCC3)nc3c2CCN(c2cc(OC)cc4ccccc24)C3)CC1. The predicted molar refractivity (Wildman–Crippen MR) is 162 cm³/mol. The van der Waals surface area contributed by atoms with Gasteiger partial charge in [-0.2, -0.15) is 9.97 Å². The zero-order valence-electron chi connectivity index (χ0n) is 24.1. The van der Waals surface area contributed by atoms with Crippen LogP contribution in [0.15, 0.2) is 49.1 Å². The molecule has 216 valence electrons. The summed E-state index contributed by atoms with van der Waals surface area (Å²) in [5, 5.41) is 2.36. The molecule has 0 unspecified atom stereocenters. The number of benzene rings is 2. The van der Waals surface area contributed by atoms with E-state index in [9.17, 15) is 4.79 Å². The predicted octanol–water partition coefficient (Wildman–Crippen LogP) is 3.90. The number of rotatable bonds is 8. The van der Waals surface area contributed by atoms with E-state index in [0.29, 0.717) is 32.3 Å². The van der Waals surface area contributed by atoms with E-state index in [4.69, 9.17) is 19.4 Å². The molecule has 0 aliphatic carbocycles. The number of ether oxygens (including phenoxy) is 2. The Hall–Kier alpha value is -3.85. The number of piperidine rings is 1. The van der Waals surface area contributed by atoms with Gasteiger partial charge in [0, 0.05) is 62.0 Å². The lowest BCUT2D eigenvalue weighted by Gasteiger charge is -2.38. The van der Waals surface area contributed by atoms with E-state index in [2.05, 4.69) is 57.7 Å². The molecule has 0 spiro atoms. The molecule has 0 atom stereocenters. The van der Waals surface area contributed by atoms with E-state index in [1.165, 1.54) is 36.3 Å². The number of methoxy groups -OCH3 is 1. The molecule has 3 aromatic rings. The van der Waals surface area contributed by atoms with Gasteiger partial charge in [-0.3, -0.25) is 9.69 Å². The summed E-state index contributed by atoms with van der Waals surface area (Å²) in [6.07, 6.45) is 6.06. The van der Waals surface area contributed by atoms with E-state index >= 15 is 0 Å². The molecule has 1 amide bonds. The summed E-state index contributed by atoms with van der Waals surface area (Å²) < 4.78 is 11.9. The lowest BCUT2D eigenvalue weighted by atomic mass is 10.0. The molecule has 0 radical (unpaired) electrons. The second-order valence-electron chi connectivity index (χ2n) is 11.1. The molecule has 1 aromatic heterocycles. The van der Waals surface area contributed by atoms with Crippen molar-refractivity contribution in [2.75, 3.05) is 75.9 Å². The third-order valence-electron chi connectivity index (χ3n) is 8.57. The number of nitrogens with zero attached hydrogens (tertiary/aromatic N) is 6. The fourth-order valence-electron chi connectivity index (χ4n) is 6.28. The van der Waals surface area contributed by atoms with Gasteiger partial charge in [-0.05, 0) is 49.9 Å². The van der Waals surface area contributed by atoms with Crippen molar-refractivity contribution >= 4 is 28.2 Å². The van der Waals surface area contributed by atoms with Gasteiger partial charge in [0.05, 0.1) is 19.3 Å². The molecule has 9 heteroatoms. The molecule has 9 nitrogen and oxygen atoms in total. The summed E-state index contributed by atoms with van der Waals surface area (Å²) in [7, 11) is 1.72. The number of fused-ring (bicyclic) bond motifs is 2. The monoisotopic (exact) mass is 556 g/mol. The van der Waals surface area contributed by atoms with Crippen molar-refractivity contribution in [3.05, 3.63) is 60.3 Å². The topological polar surface area (TPSA) is 74.3 Å². The molecule has 2 aromatic carbocycles. The standard InChI is InChI=1S/C32H40N6O3/c1-3-30(39)36-15-17-37(18-16-36)31-27-11-14-38(29-22-25(40-2)21-24-9-5-6-10-26(24)29)23-28(27)33-32(34-31)41-20-19-35-12-7-4-8-13-35/h3,5-6,9-10,21-22H,1,4,7-8,11-20,23H2,2H3. The quantitative estimate of drug-likeness (QED) is 0.387. The maximum absolute atomic E-state index is 12.2. The first-order valence-corrected chi connectivity index (χ1v) is 14.9. The number of anilines is 2. The van der Waals surface area contributed by atoms with E-state index in [1.54, 1.807) is 7.11 Å². The number of hydrogen-bond donors (Lipinski definition) is 0. The Balaban J connectivity index is 1.28. The first kappa shape index (κ1) is 27.3. The highest BCUT2D eigenvalue weighted by Gasteiger charge is 2.29. The van der Waals surface area contributed by atoms with Crippen LogP contribution in [-0.2, 0) is 17.8 Å². The zero-order valence-corrected chi connectivity index (χ0v) is 24.1. The summed E-state index contributed by atoms with van der Waals surface area (Å²) in [6.45, 7) is 11.6. The highest BCUT2D eigenvalue weighted by molar-refractivity contribution is 5.96. The molecule has 2 saturated heterocycles. The number of carbonyl (C=O) groups is 1. The minimum absolute atomic E-state index is 0.0164. The van der Waals surface area contributed by atoms with Gasteiger partial charge in [0.1, 0.15) is 18.2 Å². The summed E-state index contributed by atoms with van der Waals surface area (Å²) in [5.41, 5.74) is 3.33. The average molecular weight is 557 g/mol. The lowest BCUT2D eigenvalue weighted by Crippen LogP contribution is -2.49. The maximum Gasteiger partial charge on any atom is 0.318 e. The van der Waals surface area contributed by atoms with Gasteiger partial charge in [-0.15, -0.1) is 0 Å². The zero-order chi connectivity index (χ0) is 28.2.